The van der Waals surface area contributed by atoms with Gasteiger partial charge >= 0.3 is 0 Å². The minimum absolute atomic E-state index is 0.0766. The van der Waals surface area contributed by atoms with E-state index in [-0.39, 0.29) is 35.4 Å². The van der Waals surface area contributed by atoms with Crippen LogP contribution in [0.1, 0.15) is 60.5 Å². The smallest absolute Gasteiger partial charge is 0.266 e. The van der Waals surface area contributed by atoms with Crippen molar-refractivity contribution in [3.8, 4) is 0 Å². The zero-order chi connectivity index (χ0) is 21.8. The van der Waals surface area contributed by atoms with E-state index in [1.807, 2.05) is 13.0 Å². The molecule has 5 rings (SSSR count). The fourth-order valence-electron chi connectivity index (χ4n) is 6.17. The number of aromatic nitrogens is 1. The van der Waals surface area contributed by atoms with Crippen LogP contribution in [0.15, 0.2) is 30.3 Å². The van der Waals surface area contributed by atoms with Gasteiger partial charge in [-0.3, -0.25) is 9.59 Å². The van der Waals surface area contributed by atoms with Gasteiger partial charge in [-0.2, -0.15) is 0 Å². The summed E-state index contributed by atoms with van der Waals surface area (Å²) in [6.45, 7) is 5.70. The highest BCUT2D eigenvalue weighted by molar-refractivity contribution is 7.17. The van der Waals surface area contributed by atoms with E-state index >= 15 is 0 Å². The van der Waals surface area contributed by atoms with Crippen LogP contribution in [0.5, 0.6) is 0 Å². The van der Waals surface area contributed by atoms with E-state index in [4.69, 9.17) is 0 Å². The topological polar surface area (TPSA) is 74.3 Å². The molecule has 6 nitrogen and oxygen atoms in total. The summed E-state index contributed by atoms with van der Waals surface area (Å²) in [5.74, 6) is -0.0905. The minimum Gasteiger partial charge on any atom is -0.330 e. The van der Waals surface area contributed by atoms with Gasteiger partial charge in [0.2, 0.25) is 5.91 Å². The molecule has 3 fully saturated rings. The number of nitrogens with zero attached hydrogens (tertiary/aromatic N) is 2. The lowest BCUT2D eigenvalue weighted by Crippen LogP contribution is -2.58. The van der Waals surface area contributed by atoms with Gasteiger partial charge in [-0.1, -0.05) is 48.6 Å². The normalized spacial score (nSPS) is 31.5. The fourth-order valence-corrected chi connectivity index (χ4v) is 7.13. The highest BCUT2D eigenvalue weighted by Gasteiger charge is 2.61. The molecular formula is C24H30N4O2S. The Morgan fingerprint density at radius 2 is 2.06 bits per heavy atom. The lowest BCUT2D eigenvalue weighted by Gasteiger charge is -2.46. The molecule has 31 heavy (non-hydrogen) atoms. The summed E-state index contributed by atoms with van der Waals surface area (Å²) in [6.07, 6.45) is 5.36. The highest BCUT2D eigenvalue weighted by Crippen LogP contribution is 2.53. The minimum atomic E-state index is -0.167. The van der Waals surface area contributed by atoms with Crippen LogP contribution in [0.4, 0.5) is 5.13 Å². The first-order valence-corrected chi connectivity index (χ1v) is 12.1. The average Bonchev–Trinajstić information content (AvgIpc) is 3.24. The van der Waals surface area contributed by atoms with Gasteiger partial charge in [0.1, 0.15) is 4.88 Å². The number of carbonyl (C=O) groups is 2. The van der Waals surface area contributed by atoms with E-state index in [9.17, 15) is 9.59 Å². The summed E-state index contributed by atoms with van der Waals surface area (Å²) in [6, 6.07) is 11.7. The molecule has 1 saturated carbocycles. The predicted molar refractivity (Wildman–Crippen MR) is 122 cm³/mol. The maximum Gasteiger partial charge on any atom is 0.266 e. The number of anilines is 1. The van der Waals surface area contributed by atoms with Gasteiger partial charge in [0.25, 0.3) is 5.91 Å². The SMILES string of the molecule is CC(=O)Nc1nc(C)c(C(=O)N2[C@H]3CCC[C@H]4N[C@H](Cc5ccccc5)[C@@H]2C[C@@]34C)s1. The number of piperidine rings is 1. The van der Waals surface area contributed by atoms with Gasteiger partial charge in [0.05, 0.1) is 5.69 Å². The maximum atomic E-state index is 13.9. The van der Waals surface area contributed by atoms with Gasteiger partial charge in [0.15, 0.2) is 5.13 Å². The van der Waals surface area contributed by atoms with Crippen LogP contribution in [-0.2, 0) is 11.2 Å². The van der Waals surface area contributed by atoms with Crippen molar-refractivity contribution >= 4 is 28.3 Å². The lowest BCUT2D eigenvalue weighted by molar-refractivity contribution is -0.114. The van der Waals surface area contributed by atoms with Crippen molar-refractivity contribution < 1.29 is 9.59 Å². The number of likely N-dealkylation sites (tertiary alicyclic amines) is 1. The van der Waals surface area contributed by atoms with Gasteiger partial charge < -0.3 is 15.5 Å². The second kappa shape index (κ2) is 7.71. The van der Waals surface area contributed by atoms with Crippen molar-refractivity contribution in [1.29, 1.82) is 0 Å². The lowest BCUT2D eigenvalue weighted by atomic mass is 9.65. The standard InChI is InChI=1S/C24H30N4O2S/c1-14-21(31-23(25-14)26-15(2)29)22(30)28-18-13-24(3)19(10-7-11-20(24)28)27-17(18)12-16-8-5-4-6-9-16/h4-6,8-9,17-20,27H,7,10-13H2,1-3H3,(H,25,26,29)/t17-,18+,19-,20+,24-/m1/s1. The molecule has 2 N–H and O–H groups in total. The molecule has 2 bridgehead atoms. The molecule has 2 aromatic rings. The molecule has 3 heterocycles. The first-order chi connectivity index (χ1) is 14.9. The number of fused-ring (bicyclic) bond motifs is 1. The Morgan fingerprint density at radius 1 is 1.29 bits per heavy atom. The summed E-state index contributed by atoms with van der Waals surface area (Å²) in [7, 11) is 0. The number of thiazole rings is 1. The number of rotatable bonds is 4. The summed E-state index contributed by atoms with van der Waals surface area (Å²) < 4.78 is 0. The van der Waals surface area contributed by atoms with Crippen molar-refractivity contribution in [1.82, 2.24) is 15.2 Å². The zero-order valence-electron chi connectivity index (χ0n) is 18.4. The third-order valence-corrected chi connectivity index (χ3v) is 8.62. The number of amides is 2. The van der Waals surface area contributed by atoms with Crippen LogP contribution in [-0.4, -0.2) is 45.9 Å². The number of carbonyl (C=O) groups excluding carboxylic acids is 2. The number of hydrogen-bond donors (Lipinski definition) is 2. The Hall–Kier alpha value is -2.25. The Kier molecular flexibility index (Phi) is 5.13. The van der Waals surface area contributed by atoms with E-state index in [2.05, 4.69) is 51.7 Å². The van der Waals surface area contributed by atoms with E-state index in [0.717, 1.165) is 25.7 Å². The van der Waals surface area contributed by atoms with Crippen molar-refractivity contribution in [2.45, 2.75) is 77.0 Å². The Balaban J connectivity index is 1.49. The van der Waals surface area contributed by atoms with Gasteiger partial charge in [-0.15, -0.1) is 0 Å². The summed E-state index contributed by atoms with van der Waals surface area (Å²) in [5, 5.41) is 7.19. The van der Waals surface area contributed by atoms with Crippen LogP contribution in [0.3, 0.4) is 0 Å². The largest absolute Gasteiger partial charge is 0.330 e. The Labute approximate surface area is 187 Å². The van der Waals surface area contributed by atoms with Crippen molar-refractivity contribution in [2.75, 3.05) is 5.32 Å². The average molecular weight is 439 g/mol. The molecule has 0 radical (unpaired) electrons. The molecule has 2 saturated heterocycles. The predicted octanol–water partition coefficient (Wildman–Crippen LogP) is 3.77. The number of nitrogens with one attached hydrogen (secondary N) is 2. The number of hydrogen-bond acceptors (Lipinski definition) is 5. The molecule has 1 aliphatic carbocycles. The molecule has 5 atom stereocenters. The summed E-state index contributed by atoms with van der Waals surface area (Å²) >= 11 is 1.30. The maximum absolute atomic E-state index is 13.9. The van der Waals surface area contributed by atoms with Crippen molar-refractivity contribution in [3.05, 3.63) is 46.5 Å². The number of benzene rings is 1. The van der Waals surface area contributed by atoms with Crippen LogP contribution in [0.25, 0.3) is 0 Å². The molecule has 164 valence electrons. The molecular weight excluding hydrogens is 408 g/mol. The fraction of sp³-hybridized carbons (Fsp3) is 0.542. The first-order valence-electron chi connectivity index (χ1n) is 11.2. The molecule has 2 amide bonds. The molecule has 1 aromatic carbocycles. The Bertz CT molecular complexity index is 1010. The Morgan fingerprint density at radius 3 is 2.81 bits per heavy atom. The molecule has 1 aromatic heterocycles. The third-order valence-electron chi connectivity index (χ3n) is 7.56. The van der Waals surface area contributed by atoms with Crippen molar-refractivity contribution in [2.24, 2.45) is 5.41 Å². The van der Waals surface area contributed by atoms with Gasteiger partial charge in [-0.05, 0) is 44.6 Å². The molecule has 3 aliphatic rings. The molecule has 7 heteroatoms. The summed E-state index contributed by atoms with van der Waals surface area (Å²) in [5.41, 5.74) is 2.12. The summed E-state index contributed by atoms with van der Waals surface area (Å²) in [4.78, 5) is 32.6. The van der Waals surface area contributed by atoms with E-state index in [1.54, 1.807) is 0 Å². The molecule has 0 spiro atoms. The number of aryl methyl sites for hydroxylation is 1. The van der Waals surface area contributed by atoms with E-state index in [1.165, 1.54) is 30.2 Å². The second-order valence-corrected chi connectivity index (χ2v) is 10.6. The van der Waals surface area contributed by atoms with Crippen LogP contribution in [0.2, 0.25) is 0 Å². The molecule has 0 unspecified atom stereocenters. The third kappa shape index (κ3) is 3.48. The van der Waals surface area contributed by atoms with E-state index in [0.29, 0.717) is 21.7 Å². The van der Waals surface area contributed by atoms with Crippen LogP contribution in [0, 0.1) is 12.3 Å². The van der Waals surface area contributed by atoms with Gasteiger partial charge in [-0.25, -0.2) is 4.98 Å². The first kappa shape index (κ1) is 20.6. The highest BCUT2D eigenvalue weighted by atomic mass is 32.1. The second-order valence-electron chi connectivity index (χ2n) is 9.57. The van der Waals surface area contributed by atoms with Crippen LogP contribution >= 0.6 is 11.3 Å². The monoisotopic (exact) mass is 438 g/mol. The quantitative estimate of drug-likeness (QED) is 0.762. The van der Waals surface area contributed by atoms with Gasteiger partial charge in [0, 0.05) is 36.5 Å². The molecule has 2 aliphatic heterocycles. The van der Waals surface area contributed by atoms with Crippen molar-refractivity contribution in [3.63, 3.8) is 0 Å². The zero-order valence-corrected chi connectivity index (χ0v) is 19.2. The van der Waals surface area contributed by atoms with Crippen LogP contribution < -0.4 is 10.6 Å². The van der Waals surface area contributed by atoms with E-state index < -0.39 is 0 Å².